The molecule has 0 amide bonds. The van der Waals surface area contributed by atoms with Gasteiger partial charge in [-0.1, -0.05) is 11.6 Å². The summed E-state index contributed by atoms with van der Waals surface area (Å²) in [6.07, 6.45) is 2.87. The molecule has 0 unspecified atom stereocenters. The van der Waals surface area contributed by atoms with Crippen LogP contribution < -0.4 is 11.4 Å². The van der Waals surface area contributed by atoms with Gasteiger partial charge in [0.05, 0.1) is 0 Å². The summed E-state index contributed by atoms with van der Waals surface area (Å²) in [6, 6.07) is 1.51. The van der Waals surface area contributed by atoms with E-state index in [-0.39, 0.29) is 5.82 Å². The number of halogens is 1. The van der Waals surface area contributed by atoms with Gasteiger partial charge in [-0.05, 0) is 6.07 Å². The number of nitrogens with zero attached hydrogens (tertiary/aromatic N) is 2. The first-order valence-corrected chi connectivity index (χ1v) is 3.29. The summed E-state index contributed by atoms with van der Waals surface area (Å²) >= 11 is 5.25. The second-order valence-electron chi connectivity index (χ2n) is 1.82. The van der Waals surface area contributed by atoms with Gasteiger partial charge in [-0.3, -0.25) is 4.57 Å². The molecule has 0 bridgehead atoms. The molecule has 0 aromatic carbocycles. The molecule has 0 atom stereocenters. The van der Waals surface area contributed by atoms with Gasteiger partial charge in [0.25, 0.3) is 0 Å². The fraction of sp³-hybridized carbons (Fsp3) is 0. The molecule has 0 fully saturated rings. The number of nitrogen functional groups attached to an aromatic ring is 1. The van der Waals surface area contributed by atoms with Gasteiger partial charge >= 0.3 is 5.69 Å². The van der Waals surface area contributed by atoms with Crippen molar-refractivity contribution >= 4 is 23.6 Å². The summed E-state index contributed by atoms with van der Waals surface area (Å²) < 4.78 is 1.23. The van der Waals surface area contributed by atoms with E-state index in [1.165, 1.54) is 28.6 Å². The molecule has 0 spiro atoms. The summed E-state index contributed by atoms with van der Waals surface area (Å²) in [5, 5.41) is 0. The molecule has 4 nitrogen and oxygen atoms in total. The minimum Gasteiger partial charge on any atom is -0.383 e. The van der Waals surface area contributed by atoms with Gasteiger partial charge < -0.3 is 5.73 Å². The highest BCUT2D eigenvalue weighted by Crippen LogP contribution is 1.90. The molecule has 1 aromatic heterocycles. The molecule has 11 heavy (non-hydrogen) atoms. The molecular weight excluding hydrogens is 166 g/mol. The van der Waals surface area contributed by atoms with E-state index in [4.69, 9.17) is 17.3 Å². The Morgan fingerprint density at radius 1 is 1.73 bits per heavy atom. The van der Waals surface area contributed by atoms with E-state index in [0.717, 1.165) is 0 Å². The summed E-state index contributed by atoms with van der Waals surface area (Å²) in [5.41, 5.74) is 6.02. The van der Waals surface area contributed by atoms with Gasteiger partial charge in [-0.15, -0.1) is 0 Å². The largest absolute Gasteiger partial charge is 0.383 e. The number of hydrogen-bond acceptors (Lipinski definition) is 3. The van der Waals surface area contributed by atoms with Crippen LogP contribution in [-0.4, -0.2) is 9.55 Å². The predicted octanol–water partition coefficient (Wildman–Crippen LogP) is 0.493. The minimum absolute atomic E-state index is 0.203. The van der Waals surface area contributed by atoms with E-state index in [1.54, 1.807) is 0 Å². The van der Waals surface area contributed by atoms with Gasteiger partial charge in [0.2, 0.25) is 0 Å². The Hall–Kier alpha value is -1.29. The monoisotopic (exact) mass is 171 g/mol. The van der Waals surface area contributed by atoms with Crippen LogP contribution in [0.4, 0.5) is 5.82 Å². The van der Waals surface area contributed by atoms with E-state index in [0.29, 0.717) is 0 Å². The molecule has 1 heterocycles. The van der Waals surface area contributed by atoms with Gasteiger partial charge in [0, 0.05) is 17.9 Å². The Kier molecular flexibility index (Phi) is 2.28. The highest BCUT2D eigenvalue weighted by atomic mass is 35.5. The second kappa shape index (κ2) is 3.21. The number of rotatable bonds is 1. The lowest BCUT2D eigenvalue weighted by Gasteiger charge is -1.94. The van der Waals surface area contributed by atoms with Crippen molar-refractivity contribution in [2.45, 2.75) is 0 Å². The average molecular weight is 172 g/mol. The maximum atomic E-state index is 10.9. The highest BCUT2D eigenvalue weighted by molar-refractivity contribution is 6.26. The van der Waals surface area contributed by atoms with Crippen molar-refractivity contribution in [3.63, 3.8) is 0 Å². The summed E-state index contributed by atoms with van der Waals surface area (Å²) in [4.78, 5) is 14.4. The van der Waals surface area contributed by atoms with Gasteiger partial charge in [0.15, 0.2) is 0 Å². The van der Waals surface area contributed by atoms with Crippen molar-refractivity contribution in [3.05, 3.63) is 28.3 Å². The lowest BCUT2D eigenvalue weighted by molar-refractivity contribution is 0.969. The molecule has 0 aliphatic heterocycles. The van der Waals surface area contributed by atoms with Crippen LogP contribution in [-0.2, 0) is 0 Å². The fourth-order valence-corrected chi connectivity index (χ4v) is 0.721. The molecule has 58 valence electrons. The van der Waals surface area contributed by atoms with E-state index in [2.05, 4.69) is 4.98 Å². The standard InChI is InChI=1S/C6H6ClN3O/c7-2-4-10-3-1-5(8)9-6(10)11/h1-4H,(H2,8,9,11). The van der Waals surface area contributed by atoms with Crippen LogP contribution in [0.3, 0.4) is 0 Å². The van der Waals surface area contributed by atoms with Crippen LogP contribution in [0.15, 0.2) is 22.6 Å². The molecule has 0 aliphatic carbocycles. The van der Waals surface area contributed by atoms with Crippen molar-refractivity contribution in [3.8, 4) is 0 Å². The van der Waals surface area contributed by atoms with E-state index < -0.39 is 5.69 Å². The number of aromatic nitrogens is 2. The summed E-state index contributed by atoms with van der Waals surface area (Å²) in [6.45, 7) is 0. The molecule has 1 aromatic rings. The van der Waals surface area contributed by atoms with Gasteiger partial charge in [-0.25, -0.2) is 4.79 Å². The zero-order chi connectivity index (χ0) is 8.27. The zero-order valence-corrected chi connectivity index (χ0v) is 6.32. The van der Waals surface area contributed by atoms with Crippen molar-refractivity contribution in [1.29, 1.82) is 0 Å². The lowest BCUT2D eigenvalue weighted by atomic mass is 10.6. The van der Waals surface area contributed by atoms with E-state index >= 15 is 0 Å². The molecule has 1 rings (SSSR count). The number of nitrogens with two attached hydrogens (primary N) is 1. The third-order valence-electron chi connectivity index (χ3n) is 1.07. The molecular formula is C6H6ClN3O. The Labute approximate surface area is 67.9 Å². The fourth-order valence-electron chi connectivity index (χ4n) is 0.600. The molecule has 0 aliphatic rings. The van der Waals surface area contributed by atoms with Crippen LogP contribution in [0, 0.1) is 0 Å². The maximum Gasteiger partial charge on any atom is 0.353 e. The normalized spacial score (nSPS) is 10.6. The average Bonchev–Trinajstić information content (AvgIpc) is 1.95. The quantitative estimate of drug-likeness (QED) is 0.669. The van der Waals surface area contributed by atoms with Crippen molar-refractivity contribution in [2.24, 2.45) is 0 Å². The van der Waals surface area contributed by atoms with Gasteiger partial charge in [0.1, 0.15) is 5.82 Å². The topological polar surface area (TPSA) is 60.9 Å². The minimum atomic E-state index is -0.443. The van der Waals surface area contributed by atoms with Crippen molar-refractivity contribution < 1.29 is 0 Å². The maximum absolute atomic E-state index is 10.9. The zero-order valence-electron chi connectivity index (χ0n) is 5.57. The van der Waals surface area contributed by atoms with Crippen LogP contribution in [0.2, 0.25) is 0 Å². The smallest absolute Gasteiger partial charge is 0.353 e. The number of anilines is 1. The molecule has 2 N–H and O–H groups in total. The van der Waals surface area contributed by atoms with Crippen molar-refractivity contribution in [1.82, 2.24) is 9.55 Å². The predicted molar refractivity (Wildman–Crippen MR) is 44.1 cm³/mol. The van der Waals surface area contributed by atoms with Crippen LogP contribution in [0.1, 0.15) is 0 Å². The lowest BCUT2D eigenvalue weighted by Crippen LogP contribution is -2.18. The Morgan fingerprint density at radius 2 is 2.45 bits per heavy atom. The first-order chi connectivity index (χ1) is 5.24. The second-order valence-corrected chi connectivity index (χ2v) is 2.07. The molecule has 0 saturated carbocycles. The molecule has 0 radical (unpaired) electrons. The third kappa shape index (κ3) is 1.81. The Morgan fingerprint density at radius 3 is 3.00 bits per heavy atom. The first kappa shape index (κ1) is 7.81. The van der Waals surface area contributed by atoms with E-state index in [1.807, 2.05) is 0 Å². The van der Waals surface area contributed by atoms with Crippen molar-refractivity contribution in [2.75, 3.05) is 5.73 Å². The summed E-state index contributed by atoms with van der Waals surface area (Å²) in [5.74, 6) is 0.203. The van der Waals surface area contributed by atoms with Crippen LogP contribution in [0.25, 0.3) is 6.20 Å². The third-order valence-corrected chi connectivity index (χ3v) is 1.18. The van der Waals surface area contributed by atoms with Crippen LogP contribution in [0.5, 0.6) is 0 Å². The summed E-state index contributed by atoms with van der Waals surface area (Å²) in [7, 11) is 0. The SMILES string of the molecule is Nc1ccn(C=CCl)c(=O)n1. The Bertz CT molecular complexity index is 331. The highest BCUT2D eigenvalue weighted by Gasteiger charge is 1.91. The molecule has 0 saturated heterocycles. The number of hydrogen-bond donors (Lipinski definition) is 1. The Balaban J connectivity index is 3.20. The molecule has 5 heteroatoms. The van der Waals surface area contributed by atoms with Gasteiger partial charge in [-0.2, -0.15) is 4.98 Å². The first-order valence-electron chi connectivity index (χ1n) is 2.85. The van der Waals surface area contributed by atoms with E-state index in [9.17, 15) is 4.79 Å². The van der Waals surface area contributed by atoms with Crippen LogP contribution >= 0.6 is 11.6 Å².